The lowest BCUT2D eigenvalue weighted by atomic mass is 9.92. The molecule has 3 aliphatic heterocycles. The number of piperidine rings is 2. The number of nitrogens with zero attached hydrogens (tertiary/aromatic N) is 4. The minimum Gasteiger partial charge on any atom is -0.472 e. The van der Waals surface area contributed by atoms with E-state index in [0.717, 1.165) is 78.0 Å². The first-order chi connectivity index (χ1) is 13.6. The van der Waals surface area contributed by atoms with Crippen molar-refractivity contribution < 1.29 is 14.0 Å². The Kier molecular flexibility index (Phi) is 6.01. The number of carbonyl (C=O) groups is 2. The maximum absolute atomic E-state index is 13.0. The van der Waals surface area contributed by atoms with Crippen LogP contribution in [0.3, 0.4) is 0 Å². The normalized spacial score (nSPS) is 25.8. The van der Waals surface area contributed by atoms with Crippen LogP contribution in [0.25, 0.3) is 0 Å². The highest BCUT2D eigenvalue weighted by molar-refractivity contribution is 5.93. The molecule has 1 atom stereocenters. The van der Waals surface area contributed by atoms with Crippen LogP contribution >= 0.6 is 0 Å². The van der Waals surface area contributed by atoms with Gasteiger partial charge in [0.05, 0.1) is 17.7 Å². The fourth-order valence-electron chi connectivity index (χ4n) is 4.83. The maximum Gasteiger partial charge on any atom is 0.257 e. The van der Waals surface area contributed by atoms with Gasteiger partial charge in [-0.3, -0.25) is 14.5 Å². The molecule has 3 aliphatic rings. The second-order valence-corrected chi connectivity index (χ2v) is 8.50. The molecule has 154 valence electrons. The SMILES string of the molecule is CN1CCN(C(=O)[C@H]2CCCN(C3CCN(C(=O)c4ccoc4)CC3)C2)CC1. The van der Waals surface area contributed by atoms with Gasteiger partial charge in [-0.05, 0) is 45.3 Å². The van der Waals surface area contributed by atoms with Gasteiger partial charge in [-0.15, -0.1) is 0 Å². The van der Waals surface area contributed by atoms with Gasteiger partial charge in [0.1, 0.15) is 6.26 Å². The summed E-state index contributed by atoms with van der Waals surface area (Å²) in [6.07, 6.45) is 7.15. The summed E-state index contributed by atoms with van der Waals surface area (Å²) >= 11 is 0. The van der Waals surface area contributed by atoms with E-state index in [1.165, 1.54) is 6.26 Å². The molecule has 0 saturated carbocycles. The zero-order chi connectivity index (χ0) is 19.5. The van der Waals surface area contributed by atoms with Crippen molar-refractivity contribution in [3.05, 3.63) is 24.2 Å². The first-order valence-corrected chi connectivity index (χ1v) is 10.6. The van der Waals surface area contributed by atoms with E-state index in [-0.39, 0.29) is 11.8 Å². The number of likely N-dealkylation sites (tertiary alicyclic amines) is 2. The molecule has 0 aliphatic carbocycles. The van der Waals surface area contributed by atoms with Gasteiger partial charge >= 0.3 is 0 Å². The van der Waals surface area contributed by atoms with E-state index < -0.39 is 0 Å². The fourth-order valence-corrected chi connectivity index (χ4v) is 4.83. The van der Waals surface area contributed by atoms with Crippen LogP contribution in [0.2, 0.25) is 0 Å². The van der Waals surface area contributed by atoms with Gasteiger partial charge in [-0.2, -0.15) is 0 Å². The Hall–Kier alpha value is -1.86. The number of likely N-dealkylation sites (N-methyl/N-ethyl adjacent to an activating group) is 1. The Balaban J connectivity index is 1.28. The summed E-state index contributed by atoms with van der Waals surface area (Å²) in [6, 6.07) is 2.21. The predicted octanol–water partition coefficient (Wildman–Crippen LogP) is 1.37. The molecule has 0 radical (unpaired) electrons. The van der Waals surface area contributed by atoms with Crippen LogP contribution in [-0.4, -0.2) is 96.9 Å². The summed E-state index contributed by atoms with van der Waals surface area (Å²) in [5, 5.41) is 0. The van der Waals surface area contributed by atoms with Crippen molar-refractivity contribution >= 4 is 11.8 Å². The molecule has 0 N–H and O–H groups in total. The molecular weight excluding hydrogens is 356 g/mol. The summed E-state index contributed by atoms with van der Waals surface area (Å²) in [5.74, 6) is 0.557. The Morgan fingerprint density at radius 3 is 2.39 bits per heavy atom. The van der Waals surface area contributed by atoms with Crippen LogP contribution in [0.1, 0.15) is 36.0 Å². The minimum atomic E-state index is 0.0639. The van der Waals surface area contributed by atoms with Gasteiger partial charge in [0.2, 0.25) is 5.91 Å². The van der Waals surface area contributed by atoms with Crippen LogP contribution < -0.4 is 0 Å². The average Bonchev–Trinajstić information content (AvgIpc) is 3.28. The number of piperazine rings is 1. The summed E-state index contributed by atoms with van der Waals surface area (Å²) < 4.78 is 5.04. The Morgan fingerprint density at radius 1 is 0.964 bits per heavy atom. The molecule has 1 aromatic heterocycles. The first-order valence-electron chi connectivity index (χ1n) is 10.6. The van der Waals surface area contributed by atoms with E-state index in [9.17, 15) is 9.59 Å². The van der Waals surface area contributed by atoms with Crippen molar-refractivity contribution in [1.82, 2.24) is 19.6 Å². The van der Waals surface area contributed by atoms with E-state index in [2.05, 4.69) is 21.7 Å². The smallest absolute Gasteiger partial charge is 0.257 e. The number of hydrogen-bond acceptors (Lipinski definition) is 5. The van der Waals surface area contributed by atoms with Gasteiger partial charge < -0.3 is 19.1 Å². The van der Waals surface area contributed by atoms with Crippen molar-refractivity contribution in [2.24, 2.45) is 5.92 Å². The second kappa shape index (κ2) is 8.66. The van der Waals surface area contributed by atoms with Crippen LogP contribution in [-0.2, 0) is 4.79 Å². The molecule has 0 spiro atoms. The maximum atomic E-state index is 13.0. The Labute approximate surface area is 167 Å². The lowest BCUT2D eigenvalue weighted by molar-refractivity contribution is -0.139. The van der Waals surface area contributed by atoms with E-state index in [1.807, 2.05) is 4.90 Å². The third kappa shape index (κ3) is 4.25. The summed E-state index contributed by atoms with van der Waals surface area (Å²) in [7, 11) is 2.12. The molecule has 0 aromatic carbocycles. The third-order valence-corrected chi connectivity index (χ3v) is 6.65. The number of rotatable bonds is 3. The molecule has 1 aromatic rings. The Morgan fingerprint density at radius 2 is 1.71 bits per heavy atom. The number of furan rings is 1. The zero-order valence-corrected chi connectivity index (χ0v) is 16.9. The average molecular weight is 389 g/mol. The monoisotopic (exact) mass is 388 g/mol. The van der Waals surface area contributed by atoms with Gasteiger partial charge in [-0.25, -0.2) is 0 Å². The van der Waals surface area contributed by atoms with Crippen molar-refractivity contribution in [2.45, 2.75) is 31.7 Å². The minimum absolute atomic E-state index is 0.0639. The van der Waals surface area contributed by atoms with Crippen LogP contribution in [0, 0.1) is 5.92 Å². The summed E-state index contributed by atoms with van der Waals surface area (Å²) in [6.45, 7) is 7.19. The second-order valence-electron chi connectivity index (χ2n) is 8.50. The molecule has 28 heavy (non-hydrogen) atoms. The lowest BCUT2D eigenvalue weighted by Crippen LogP contribution is -2.54. The fraction of sp³-hybridized carbons (Fsp3) is 0.714. The van der Waals surface area contributed by atoms with Crippen molar-refractivity contribution in [3.63, 3.8) is 0 Å². The van der Waals surface area contributed by atoms with E-state index in [4.69, 9.17) is 4.42 Å². The predicted molar refractivity (Wildman–Crippen MR) is 106 cm³/mol. The molecule has 7 nitrogen and oxygen atoms in total. The third-order valence-electron chi connectivity index (χ3n) is 6.65. The zero-order valence-electron chi connectivity index (χ0n) is 16.9. The summed E-state index contributed by atoms with van der Waals surface area (Å²) in [4.78, 5) is 34.3. The Bertz CT molecular complexity index is 661. The highest BCUT2D eigenvalue weighted by Crippen LogP contribution is 2.26. The lowest BCUT2D eigenvalue weighted by Gasteiger charge is -2.43. The van der Waals surface area contributed by atoms with E-state index in [0.29, 0.717) is 17.5 Å². The van der Waals surface area contributed by atoms with Gasteiger partial charge in [0.25, 0.3) is 5.91 Å². The molecule has 4 rings (SSSR count). The van der Waals surface area contributed by atoms with E-state index in [1.54, 1.807) is 12.3 Å². The largest absolute Gasteiger partial charge is 0.472 e. The molecule has 3 saturated heterocycles. The van der Waals surface area contributed by atoms with Gasteiger partial charge in [0.15, 0.2) is 0 Å². The van der Waals surface area contributed by atoms with E-state index >= 15 is 0 Å². The van der Waals surface area contributed by atoms with Crippen LogP contribution in [0.15, 0.2) is 23.0 Å². The molecule has 3 fully saturated rings. The van der Waals surface area contributed by atoms with Crippen molar-refractivity contribution in [2.75, 3.05) is 59.4 Å². The standard InChI is InChI=1S/C21H32N4O3/c1-22-10-12-24(13-11-22)20(26)17-3-2-7-25(15-17)19-4-8-23(9-5-19)21(27)18-6-14-28-16-18/h6,14,16-17,19H,2-5,7-13,15H2,1H3/t17-/m0/s1. The quantitative estimate of drug-likeness (QED) is 0.783. The molecule has 0 unspecified atom stereocenters. The van der Waals surface area contributed by atoms with Gasteiger partial charge in [-0.1, -0.05) is 0 Å². The van der Waals surface area contributed by atoms with Crippen molar-refractivity contribution in [1.29, 1.82) is 0 Å². The molecule has 7 heteroatoms. The molecule has 4 heterocycles. The van der Waals surface area contributed by atoms with Crippen molar-refractivity contribution in [3.8, 4) is 0 Å². The first kappa shape index (κ1) is 19.5. The summed E-state index contributed by atoms with van der Waals surface area (Å²) in [5.41, 5.74) is 0.634. The number of hydrogen-bond donors (Lipinski definition) is 0. The molecule has 2 amide bonds. The number of carbonyl (C=O) groups excluding carboxylic acids is 2. The van der Waals surface area contributed by atoms with Crippen LogP contribution in [0.5, 0.6) is 0 Å². The topological polar surface area (TPSA) is 60.2 Å². The van der Waals surface area contributed by atoms with Gasteiger partial charge in [0, 0.05) is 51.9 Å². The highest BCUT2D eigenvalue weighted by atomic mass is 16.3. The molecular formula is C21H32N4O3. The number of amides is 2. The van der Waals surface area contributed by atoms with Crippen LogP contribution in [0.4, 0.5) is 0 Å². The molecule has 0 bridgehead atoms. The highest BCUT2D eigenvalue weighted by Gasteiger charge is 2.34.